The number of aryl methyl sites for hydroxylation is 1. The van der Waals surface area contributed by atoms with Crippen molar-refractivity contribution in [2.45, 2.75) is 45.6 Å². The zero-order valence-corrected chi connectivity index (χ0v) is 31.1. The minimum absolute atomic E-state index is 0.00715. The van der Waals surface area contributed by atoms with Crippen molar-refractivity contribution in [1.29, 1.82) is 0 Å². The maximum atomic E-state index is 15.4. The predicted octanol–water partition coefficient (Wildman–Crippen LogP) is 3.28. The first-order chi connectivity index (χ1) is 26.8. The molecule has 1 atom stereocenters. The van der Waals surface area contributed by atoms with Gasteiger partial charge in [0.05, 0.1) is 34.6 Å². The number of rotatable bonds is 8. The van der Waals surface area contributed by atoms with E-state index in [9.17, 15) is 33.2 Å². The molecule has 2 aromatic carbocycles. The summed E-state index contributed by atoms with van der Waals surface area (Å²) in [4.78, 5) is 86.7. The Morgan fingerprint density at radius 2 is 1.55 bits per heavy atom. The van der Waals surface area contributed by atoms with E-state index in [0.717, 1.165) is 67.8 Å². The third-order valence-corrected chi connectivity index (χ3v) is 11.6. The van der Waals surface area contributed by atoms with Gasteiger partial charge in [0.1, 0.15) is 17.7 Å². The molecule has 3 fully saturated rings. The summed E-state index contributed by atoms with van der Waals surface area (Å²) in [7, 11) is 0. The summed E-state index contributed by atoms with van der Waals surface area (Å²) >= 11 is 0. The first-order valence-electron chi connectivity index (χ1n) is 18.9. The zero-order chi connectivity index (χ0) is 39.4. The Morgan fingerprint density at radius 3 is 2.27 bits per heavy atom. The van der Waals surface area contributed by atoms with Crippen molar-refractivity contribution in [2.75, 3.05) is 67.9 Å². The van der Waals surface area contributed by atoms with Crippen LogP contribution in [0.15, 0.2) is 30.3 Å². The predicted molar refractivity (Wildman–Crippen MR) is 203 cm³/mol. The van der Waals surface area contributed by atoms with Gasteiger partial charge in [-0.05, 0) is 81.0 Å². The van der Waals surface area contributed by atoms with Crippen LogP contribution in [0.5, 0.6) is 0 Å². The normalized spacial score (nSPS) is 21.5. The summed E-state index contributed by atoms with van der Waals surface area (Å²) in [5.41, 5.74) is 4.44. The highest BCUT2D eigenvalue weighted by Gasteiger charge is 2.45. The standard InChI is InChI=1S/C40H42F2N8O6/c1-21-31(17-26-25-15-24(41)3-4-30(25)44-37(26)53)43-22(2)36(21)45-35(52)20-48-13-11-47(12-14-48)19-23-7-9-49(10-8-23)33-18-28-27(16-29(33)42)39(55)50(40(28)56)32-5-6-34(51)46-38(32)54/h3-4,15-18,23,32,43H,5-14,19-20H2,1-2H3,(H,44,53)(H,45,52)(H,46,51,54)/b26-17-. The molecule has 5 aliphatic heterocycles. The SMILES string of the molecule is Cc1[nH]c(/C=C2\C(=O)Nc3ccc(F)cc32)c(C)c1NC(=O)CN1CCN(CC2CCN(c3cc4c(cc3F)C(=O)N(C3CCC(=O)NC3=O)C4=O)CC2)CC1. The molecule has 0 saturated carbocycles. The molecule has 0 radical (unpaired) electrons. The van der Waals surface area contributed by atoms with Crippen molar-refractivity contribution in [3.05, 3.63) is 75.6 Å². The fourth-order valence-electron chi connectivity index (χ4n) is 8.51. The quantitative estimate of drug-likeness (QED) is 0.199. The molecule has 14 nitrogen and oxygen atoms in total. The molecule has 3 aromatic rings. The lowest BCUT2D eigenvalue weighted by atomic mass is 9.95. The first-order valence-corrected chi connectivity index (χ1v) is 18.9. The maximum absolute atomic E-state index is 15.4. The molecule has 1 unspecified atom stereocenters. The number of anilines is 3. The minimum Gasteiger partial charge on any atom is -0.369 e. The molecule has 8 rings (SSSR count). The molecule has 0 aliphatic carbocycles. The van der Waals surface area contributed by atoms with Crippen molar-refractivity contribution >= 4 is 64.2 Å². The van der Waals surface area contributed by atoms with Crippen LogP contribution in [0.4, 0.5) is 25.8 Å². The number of benzene rings is 2. The van der Waals surface area contributed by atoms with E-state index in [2.05, 4.69) is 30.7 Å². The average Bonchev–Trinajstić information content (AvgIpc) is 3.71. The van der Waals surface area contributed by atoms with E-state index in [1.165, 1.54) is 24.3 Å². The van der Waals surface area contributed by atoms with E-state index in [0.29, 0.717) is 47.2 Å². The second-order valence-corrected chi connectivity index (χ2v) is 15.2. The van der Waals surface area contributed by atoms with E-state index in [1.54, 1.807) is 6.08 Å². The molecule has 16 heteroatoms. The number of nitrogens with zero attached hydrogens (tertiary/aromatic N) is 4. The molecular weight excluding hydrogens is 726 g/mol. The molecule has 6 heterocycles. The van der Waals surface area contributed by atoms with Gasteiger partial charge in [-0.2, -0.15) is 0 Å². The van der Waals surface area contributed by atoms with Crippen LogP contribution in [0.3, 0.4) is 0 Å². The van der Waals surface area contributed by atoms with Gasteiger partial charge >= 0.3 is 0 Å². The van der Waals surface area contributed by atoms with Crippen molar-refractivity contribution in [2.24, 2.45) is 5.92 Å². The Hall–Kier alpha value is -5.74. The number of piperidine rings is 2. The van der Waals surface area contributed by atoms with Gasteiger partial charge in [-0.3, -0.25) is 43.9 Å². The number of amides is 6. The summed E-state index contributed by atoms with van der Waals surface area (Å²) in [6.45, 7) is 9.03. The Labute approximate surface area is 321 Å². The highest BCUT2D eigenvalue weighted by Crippen LogP contribution is 2.36. The molecule has 0 spiro atoms. The lowest BCUT2D eigenvalue weighted by Gasteiger charge is -2.39. The molecule has 6 amide bonds. The second-order valence-electron chi connectivity index (χ2n) is 15.2. The summed E-state index contributed by atoms with van der Waals surface area (Å²) in [6, 6.07) is 5.55. The van der Waals surface area contributed by atoms with Crippen molar-refractivity contribution < 1.29 is 37.5 Å². The summed E-state index contributed by atoms with van der Waals surface area (Å²) in [5.74, 6) is -3.68. The third-order valence-electron chi connectivity index (χ3n) is 11.6. The molecule has 3 saturated heterocycles. The number of H-pyrrole nitrogens is 1. The fraction of sp³-hybridized carbons (Fsp3) is 0.400. The lowest BCUT2D eigenvalue weighted by molar-refractivity contribution is -0.136. The minimum atomic E-state index is -1.11. The van der Waals surface area contributed by atoms with Gasteiger partial charge in [-0.1, -0.05) is 0 Å². The van der Waals surface area contributed by atoms with Crippen molar-refractivity contribution in [3.8, 4) is 0 Å². The van der Waals surface area contributed by atoms with E-state index in [-0.39, 0.29) is 48.0 Å². The summed E-state index contributed by atoms with van der Waals surface area (Å²) in [6.07, 6.45) is 3.35. The van der Waals surface area contributed by atoms with E-state index < -0.39 is 41.3 Å². The van der Waals surface area contributed by atoms with Gasteiger partial charge < -0.3 is 25.4 Å². The smallest absolute Gasteiger partial charge is 0.262 e. The summed E-state index contributed by atoms with van der Waals surface area (Å²) in [5, 5.41) is 7.96. The number of fused-ring (bicyclic) bond motifs is 2. The Bertz CT molecular complexity index is 2220. The molecule has 56 heavy (non-hydrogen) atoms. The molecular formula is C40H42F2N8O6. The van der Waals surface area contributed by atoms with Crippen LogP contribution < -0.4 is 20.9 Å². The topological polar surface area (TPSA) is 167 Å². The Morgan fingerprint density at radius 1 is 0.857 bits per heavy atom. The third kappa shape index (κ3) is 6.98. The highest BCUT2D eigenvalue weighted by molar-refractivity contribution is 6.35. The van der Waals surface area contributed by atoms with Crippen LogP contribution in [0.25, 0.3) is 11.6 Å². The largest absolute Gasteiger partial charge is 0.369 e. The van der Waals surface area contributed by atoms with Gasteiger partial charge in [0.15, 0.2) is 0 Å². The number of halogens is 2. The molecule has 5 aliphatic rings. The number of aromatic nitrogens is 1. The number of carbonyl (C=O) groups excluding carboxylic acids is 6. The van der Waals surface area contributed by atoms with Gasteiger partial charge in [0, 0.05) is 74.9 Å². The number of nitrogens with one attached hydrogen (secondary N) is 4. The van der Waals surface area contributed by atoms with Crippen LogP contribution in [0.2, 0.25) is 0 Å². The van der Waals surface area contributed by atoms with E-state index in [4.69, 9.17) is 0 Å². The highest BCUT2D eigenvalue weighted by atomic mass is 19.1. The Balaban J connectivity index is 0.810. The van der Waals surface area contributed by atoms with Gasteiger partial charge in [-0.15, -0.1) is 0 Å². The molecule has 0 bridgehead atoms. The second kappa shape index (κ2) is 14.7. The number of piperazine rings is 1. The molecule has 292 valence electrons. The molecule has 1 aromatic heterocycles. The summed E-state index contributed by atoms with van der Waals surface area (Å²) < 4.78 is 29.3. The van der Waals surface area contributed by atoms with Gasteiger partial charge in [0.2, 0.25) is 17.7 Å². The van der Waals surface area contributed by atoms with Crippen LogP contribution in [0, 0.1) is 31.4 Å². The van der Waals surface area contributed by atoms with Crippen LogP contribution in [-0.4, -0.2) is 114 Å². The van der Waals surface area contributed by atoms with Crippen LogP contribution >= 0.6 is 0 Å². The Kier molecular flexibility index (Phi) is 9.78. The number of aromatic amines is 1. The number of hydrogen-bond donors (Lipinski definition) is 4. The fourth-order valence-corrected chi connectivity index (χ4v) is 8.51. The van der Waals surface area contributed by atoms with E-state index in [1.807, 2.05) is 18.7 Å². The monoisotopic (exact) mass is 768 g/mol. The average molecular weight is 769 g/mol. The number of hydrogen-bond acceptors (Lipinski definition) is 9. The van der Waals surface area contributed by atoms with Gasteiger partial charge in [-0.25, -0.2) is 8.78 Å². The first kappa shape index (κ1) is 37.2. The van der Waals surface area contributed by atoms with E-state index >= 15 is 4.39 Å². The van der Waals surface area contributed by atoms with Crippen molar-refractivity contribution in [1.82, 2.24) is 25.0 Å². The maximum Gasteiger partial charge on any atom is 0.262 e. The van der Waals surface area contributed by atoms with Crippen molar-refractivity contribution in [3.63, 3.8) is 0 Å². The number of carbonyl (C=O) groups is 6. The molecule has 4 N–H and O–H groups in total. The van der Waals surface area contributed by atoms with Crippen LogP contribution in [-0.2, 0) is 19.2 Å². The van der Waals surface area contributed by atoms with Crippen LogP contribution in [0.1, 0.15) is 68.9 Å². The zero-order valence-electron chi connectivity index (χ0n) is 31.1. The number of imide groups is 2. The lowest BCUT2D eigenvalue weighted by Crippen LogP contribution is -2.54. The van der Waals surface area contributed by atoms with Gasteiger partial charge in [0.25, 0.3) is 17.7 Å².